The van der Waals surface area contributed by atoms with Crippen LogP contribution < -0.4 is 16.6 Å². The zero-order valence-corrected chi connectivity index (χ0v) is 15.8. The summed E-state index contributed by atoms with van der Waals surface area (Å²) >= 11 is 0. The van der Waals surface area contributed by atoms with Crippen LogP contribution in [-0.4, -0.2) is 25.0 Å². The number of fused-ring (bicyclic) bond motifs is 1. The Morgan fingerprint density at radius 1 is 0.966 bits per heavy atom. The number of rotatable bonds is 3. The van der Waals surface area contributed by atoms with Gasteiger partial charge in [-0.1, -0.05) is 18.2 Å². The molecule has 1 amide bonds. The second-order valence-electron chi connectivity index (χ2n) is 6.53. The van der Waals surface area contributed by atoms with E-state index in [9.17, 15) is 14.4 Å². The minimum Gasteiger partial charge on any atom is -0.308 e. The lowest BCUT2D eigenvalue weighted by atomic mass is 10.0. The number of para-hydroxylation sites is 1. The third-order valence-corrected chi connectivity index (χ3v) is 4.70. The highest BCUT2D eigenvalue weighted by atomic mass is 16.2. The van der Waals surface area contributed by atoms with Gasteiger partial charge in [-0.3, -0.25) is 23.7 Å². The number of aromatic nitrogens is 4. The number of carbonyl (C=O) groups is 1. The van der Waals surface area contributed by atoms with Crippen molar-refractivity contribution < 1.29 is 4.79 Å². The monoisotopic (exact) mass is 387 g/mol. The van der Waals surface area contributed by atoms with E-state index in [1.807, 2.05) is 30.3 Å². The first-order valence-electron chi connectivity index (χ1n) is 8.84. The first-order chi connectivity index (χ1) is 14.0. The van der Waals surface area contributed by atoms with Crippen molar-refractivity contribution in [1.82, 2.24) is 19.1 Å². The van der Waals surface area contributed by atoms with Gasteiger partial charge in [-0.25, -0.2) is 9.78 Å². The van der Waals surface area contributed by atoms with Crippen LogP contribution in [0.3, 0.4) is 0 Å². The summed E-state index contributed by atoms with van der Waals surface area (Å²) in [6.45, 7) is 0. The molecule has 3 aromatic heterocycles. The fraction of sp³-hybridized carbons (Fsp3) is 0.0952. The molecular formula is C21H17N5O3. The maximum absolute atomic E-state index is 13.1. The first kappa shape index (κ1) is 18.3. The lowest BCUT2D eigenvalue weighted by Crippen LogP contribution is -2.38. The Balaban J connectivity index is 1.84. The fourth-order valence-electron chi connectivity index (χ4n) is 3.07. The molecule has 0 saturated carbocycles. The van der Waals surface area contributed by atoms with Crippen molar-refractivity contribution in [3.63, 3.8) is 0 Å². The molecule has 1 N–H and O–H groups in total. The van der Waals surface area contributed by atoms with Crippen molar-refractivity contribution in [3.05, 3.63) is 87.3 Å². The molecule has 0 saturated heterocycles. The van der Waals surface area contributed by atoms with Crippen LogP contribution in [0.15, 0.2) is 70.5 Å². The quantitative estimate of drug-likeness (QED) is 0.579. The minimum atomic E-state index is -0.523. The van der Waals surface area contributed by atoms with Gasteiger partial charge in [-0.05, 0) is 24.3 Å². The van der Waals surface area contributed by atoms with E-state index in [2.05, 4.69) is 15.3 Å². The van der Waals surface area contributed by atoms with Crippen LogP contribution in [0.5, 0.6) is 0 Å². The van der Waals surface area contributed by atoms with Gasteiger partial charge in [-0.15, -0.1) is 0 Å². The van der Waals surface area contributed by atoms with Gasteiger partial charge in [0, 0.05) is 43.5 Å². The maximum atomic E-state index is 13.1. The molecule has 144 valence electrons. The molecule has 0 unspecified atom stereocenters. The zero-order valence-electron chi connectivity index (χ0n) is 15.8. The summed E-state index contributed by atoms with van der Waals surface area (Å²) in [5, 5.41) is 3.34. The summed E-state index contributed by atoms with van der Waals surface area (Å²) in [5.74, 6) is -0.323. The lowest BCUT2D eigenvalue weighted by molar-refractivity contribution is 0.102. The number of nitrogens with one attached hydrogen (secondary N) is 1. The van der Waals surface area contributed by atoms with Gasteiger partial charge in [0.15, 0.2) is 0 Å². The summed E-state index contributed by atoms with van der Waals surface area (Å²) in [7, 11) is 2.87. The molecule has 3 heterocycles. The van der Waals surface area contributed by atoms with Crippen molar-refractivity contribution in [1.29, 1.82) is 0 Å². The Labute approximate surface area is 165 Å². The van der Waals surface area contributed by atoms with E-state index in [0.717, 1.165) is 10.1 Å². The Morgan fingerprint density at radius 2 is 1.69 bits per heavy atom. The topological polar surface area (TPSA) is 98.9 Å². The van der Waals surface area contributed by atoms with Gasteiger partial charge < -0.3 is 5.32 Å². The number of pyridine rings is 2. The highest BCUT2D eigenvalue weighted by Gasteiger charge is 2.16. The number of carbonyl (C=O) groups excluding carboxylic acids is 1. The Bertz CT molecular complexity index is 1360. The molecule has 1 aromatic carbocycles. The molecule has 0 radical (unpaired) electrons. The molecule has 0 bridgehead atoms. The van der Waals surface area contributed by atoms with Gasteiger partial charge in [0.25, 0.3) is 11.5 Å². The molecule has 4 aromatic rings. The molecule has 8 heteroatoms. The summed E-state index contributed by atoms with van der Waals surface area (Å²) in [4.78, 5) is 45.8. The molecule has 0 atom stereocenters. The molecule has 0 fully saturated rings. The maximum Gasteiger partial charge on any atom is 0.332 e. The Hall–Kier alpha value is -4.07. The van der Waals surface area contributed by atoms with Crippen LogP contribution in [0.4, 0.5) is 5.82 Å². The predicted octanol–water partition coefficient (Wildman–Crippen LogP) is 1.95. The second-order valence-corrected chi connectivity index (χ2v) is 6.53. The van der Waals surface area contributed by atoms with E-state index in [1.54, 1.807) is 24.5 Å². The van der Waals surface area contributed by atoms with E-state index in [-0.39, 0.29) is 5.82 Å². The predicted molar refractivity (Wildman–Crippen MR) is 110 cm³/mol. The van der Waals surface area contributed by atoms with E-state index in [1.165, 1.54) is 24.7 Å². The van der Waals surface area contributed by atoms with Crippen molar-refractivity contribution in [2.45, 2.75) is 0 Å². The third kappa shape index (κ3) is 3.31. The largest absolute Gasteiger partial charge is 0.332 e. The third-order valence-electron chi connectivity index (χ3n) is 4.70. The number of nitrogens with zero attached hydrogens (tertiary/aromatic N) is 4. The zero-order chi connectivity index (χ0) is 20.5. The van der Waals surface area contributed by atoms with E-state index in [0.29, 0.717) is 22.2 Å². The molecule has 29 heavy (non-hydrogen) atoms. The van der Waals surface area contributed by atoms with Crippen molar-refractivity contribution in [3.8, 4) is 11.3 Å². The molecule has 4 rings (SSSR count). The van der Waals surface area contributed by atoms with Crippen LogP contribution in [0.25, 0.3) is 22.2 Å². The Kier molecular flexibility index (Phi) is 4.52. The van der Waals surface area contributed by atoms with E-state index in [4.69, 9.17) is 0 Å². The fourth-order valence-corrected chi connectivity index (χ4v) is 3.07. The van der Waals surface area contributed by atoms with Crippen molar-refractivity contribution in [2.24, 2.45) is 14.1 Å². The summed E-state index contributed by atoms with van der Waals surface area (Å²) in [5.41, 5.74) is 1.46. The molecule has 0 aliphatic carbocycles. The number of benzene rings is 1. The van der Waals surface area contributed by atoms with Crippen LogP contribution in [0.2, 0.25) is 0 Å². The van der Waals surface area contributed by atoms with Crippen LogP contribution >= 0.6 is 0 Å². The SMILES string of the molecule is Cn1c(NC(=O)c2cc(-c3ccncc3)nc3ccccc23)cc(=O)n(C)c1=O. The van der Waals surface area contributed by atoms with Gasteiger partial charge in [-0.2, -0.15) is 0 Å². The summed E-state index contributed by atoms with van der Waals surface area (Å²) in [6, 6.07) is 13.8. The van der Waals surface area contributed by atoms with E-state index >= 15 is 0 Å². The smallest absolute Gasteiger partial charge is 0.308 e. The van der Waals surface area contributed by atoms with Crippen LogP contribution in [0, 0.1) is 0 Å². The molecule has 8 nitrogen and oxygen atoms in total. The average molecular weight is 387 g/mol. The van der Waals surface area contributed by atoms with Gasteiger partial charge in [0.2, 0.25) is 0 Å². The number of anilines is 1. The molecule has 0 aliphatic rings. The number of amides is 1. The summed E-state index contributed by atoms with van der Waals surface area (Å²) in [6.07, 6.45) is 3.31. The summed E-state index contributed by atoms with van der Waals surface area (Å²) < 4.78 is 2.19. The molecular weight excluding hydrogens is 370 g/mol. The van der Waals surface area contributed by atoms with Crippen molar-refractivity contribution in [2.75, 3.05) is 5.32 Å². The van der Waals surface area contributed by atoms with Crippen LogP contribution in [0.1, 0.15) is 10.4 Å². The van der Waals surface area contributed by atoms with Crippen LogP contribution in [-0.2, 0) is 14.1 Å². The number of hydrogen-bond donors (Lipinski definition) is 1. The number of hydrogen-bond acceptors (Lipinski definition) is 5. The van der Waals surface area contributed by atoms with E-state index < -0.39 is 17.2 Å². The second kappa shape index (κ2) is 7.16. The first-order valence-corrected chi connectivity index (χ1v) is 8.84. The van der Waals surface area contributed by atoms with Gasteiger partial charge in [0.05, 0.1) is 16.8 Å². The normalized spacial score (nSPS) is 10.8. The van der Waals surface area contributed by atoms with Crippen molar-refractivity contribution >= 4 is 22.6 Å². The van der Waals surface area contributed by atoms with Gasteiger partial charge >= 0.3 is 5.69 Å². The molecule has 0 spiro atoms. The molecule has 0 aliphatic heterocycles. The Morgan fingerprint density at radius 3 is 2.45 bits per heavy atom. The lowest BCUT2D eigenvalue weighted by Gasteiger charge is -2.13. The highest BCUT2D eigenvalue weighted by molar-refractivity contribution is 6.12. The minimum absolute atomic E-state index is 0.120. The average Bonchev–Trinajstić information content (AvgIpc) is 2.75. The highest BCUT2D eigenvalue weighted by Crippen LogP contribution is 2.25. The standard InChI is InChI=1S/C21H17N5O3/c1-25-18(12-19(27)26(2)21(25)29)24-20(28)15-11-17(13-7-9-22-10-8-13)23-16-6-4-3-5-14(15)16/h3-12H,1-2H3,(H,24,28). The van der Waals surface area contributed by atoms with Gasteiger partial charge in [0.1, 0.15) is 5.82 Å².